The van der Waals surface area contributed by atoms with Gasteiger partial charge in [0.25, 0.3) is 5.91 Å². The molecule has 0 aliphatic carbocycles. The summed E-state index contributed by atoms with van der Waals surface area (Å²) in [4.78, 5) is 20.5. The maximum absolute atomic E-state index is 12.3. The molecule has 0 atom stereocenters. The van der Waals surface area contributed by atoms with Crippen molar-refractivity contribution in [3.05, 3.63) is 78.2 Å². The zero-order valence-electron chi connectivity index (χ0n) is 15.3. The van der Waals surface area contributed by atoms with Gasteiger partial charge in [-0.3, -0.25) is 9.78 Å². The molecule has 6 heteroatoms. The first kappa shape index (κ1) is 18.4. The lowest BCUT2D eigenvalue weighted by molar-refractivity contribution is 0.0950. The first-order chi connectivity index (χ1) is 13.1. The molecule has 0 bridgehead atoms. The summed E-state index contributed by atoms with van der Waals surface area (Å²) >= 11 is 0. The molecule has 0 radical (unpaired) electrons. The Morgan fingerprint density at radius 2 is 1.85 bits per heavy atom. The number of anilines is 2. The van der Waals surface area contributed by atoms with E-state index in [4.69, 9.17) is 4.74 Å². The molecule has 0 aliphatic heterocycles. The van der Waals surface area contributed by atoms with E-state index in [1.807, 2.05) is 50.2 Å². The first-order valence-electron chi connectivity index (χ1n) is 8.77. The van der Waals surface area contributed by atoms with Gasteiger partial charge in [0.05, 0.1) is 17.4 Å². The van der Waals surface area contributed by atoms with Gasteiger partial charge in [-0.05, 0) is 55.8 Å². The molecule has 1 aromatic carbocycles. The number of nitrogens with zero attached hydrogens (tertiary/aromatic N) is 2. The van der Waals surface area contributed by atoms with E-state index in [0.29, 0.717) is 17.9 Å². The molecule has 0 fully saturated rings. The fourth-order valence-corrected chi connectivity index (χ4v) is 2.45. The lowest BCUT2D eigenvalue weighted by Crippen LogP contribution is -2.22. The monoisotopic (exact) mass is 362 g/mol. The topological polar surface area (TPSA) is 76.1 Å². The van der Waals surface area contributed by atoms with E-state index in [1.165, 1.54) is 0 Å². The second-order valence-corrected chi connectivity index (χ2v) is 6.26. The van der Waals surface area contributed by atoms with E-state index in [1.54, 1.807) is 30.7 Å². The van der Waals surface area contributed by atoms with Crippen molar-refractivity contribution in [3.8, 4) is 5.75 Å². The van der Waals surface area contributed by atoms with Gasteiger partial charge >= 0.3 is 0 Å². The molecule has 3 rings (SSSR count). The Hall–Kier alpha value is -3.41. The summed E-state index contributed by atoms with van der Waals surface area (Å²) in [5.41, 5.74) is 2.32. The lowest BCUT2D eigenvalue weighted by atomic mass is 10.2. The van der Waals surface area contributed by atoms with Gasteiger partial charge in [0.15, 0.2) is 0 Å². The van der Waals surface area contributed by atoms with Gasteiger partial charge in [0.1, 0.15) is 11.6 Å². The zero-order chi connectivity index (χ0) is 19.1. The molecule has 0 aliphatic rings. The number of carbonyl (C=O) groups is 1. The summed E-state index contributed by atoms with van der Waals surface area (Å²) in [6.45, 7) is 4.41. The third-order valence-electron chi connectivity index (χ3n) is 3.74. The molecule has 1 amide bonds. The zero-order valence-corrected chi connectivity index (χ0v) is 15.3. The summed E-state index contributed by atoms with van der Waals surface area (Å²) < 4.78 is 5.79. The average molecular weight is 362 g/mol. The van der Waals surface area contributed by atoms with Crippen molar-refractivity contribution in [1.29, 1.82) is 0 Å². The van der Waals surface area contributed by atoms with Crippen LogP contribution in [0.4, 0.5) is 11.5 Å². The predicted molar refractivity (Wildman–Crippen MR) is 105 cm³/mol. The van der Waals surface area contributed by atoms with Crippen LogP contribution in [0, 0.1) is 0 Å². The van der Waals surface area contributed by atoms with Crippen LogP contribution in [0.1, 0.15) is 29.8 Å². The van der Waals surface area contributed by atoms with Crippen LogP contribution < -0.4 is 15.4 Å². The summed E-state index contributed by atoms with van der Waals surface area (Å²) in [5.74, 6) is 1.23. The molecule has 2 heterocycles. The summed E-state index contributed by atoms with van der Waals surface area (Å²) in [7, 11) is 0. The Bertz CT molecular complexity index is 880. The van der Waals surface area contributed by atoms with E-state index in [9.17, 15) is 4.79 Å². The van der Waals surface area contributed by atoms with Crippen molar-refractivity contribution in [2.24, 2.45) is 0 Å². The van der Waals surface area contributed by atoms with E-state index in [2.05, 4.69) is 20.6 Å². The summed E-state index contributed by atoms with van der Waals surface area (Å²) in [5, 5.41) is 6.10. The van der Waals surface area contributed by atoms with Crippen LogP contribution in [0.5, 0.6) is 5.75 Å². The number of ether oxygens (including phenoxy) is 1. The van der Waals surface area contributed by atoms with Crippen LogP contribution in [0.25, 0.3) is 0 Å². The van der Waals surface area contributed by atoms with Gasteiger partial charge in [0.2, 0.25) is 0 Å². The second kappa shape index (κ2) is 8.80. The van der Waals surface area contributed by atoms with Crippen molar-refractivity contribution in [2.75, 3.05) is 5.32 Å². The molecular weight excluding hydrogens is 340 g/mol. The van der Waals surface area contributed by atoms with Crippen molar-refractivity contribution in [2.45, 2.75) is 26.5 Å². The molecule has 138 valence electrons. The number of benzene rings is 1. The fourth-order valence-electron chi connectivity index (χ4n) is 2.45. The van der Waals surface area contributed by atoms with Crippen LogP contribution in [0.3, 0.4) is 0 Å². The number of para-hydroxylation sites is 2. The molecule has 2 N–H and O–H groups in total. The minimum Gasteiger partial charge on any atom is -0.489 e. The molecule has 3 aromatic rings. The molecule has 0 saturated heterocycles. The second-order valence-electron chi connectivity index (χ2n) is 6.26. The van der Waals surface area contributed by atoms with Crippen molar-refractivity contribution < 1.29 is 9.53 Å². The van der Waals surface area contributed by atoms with Crippen LogP contribution in [0.2, 0.25) is 0 Å². The highest BCUT2D eigenvalue weighted by atomic mass is 16.5. The van der Waals surface area contributed by atoms with Gasteiger partial charge in [-0.1, -0.05) is 12.1 Å². The molecule has 2 aromatic heterocycles. The number of aromatic nitrogens is 2. The Kier molecular flexibility index (Phi) is 5.99. The van der Waals surface area contributed by atoms with Gasteiger partial charge in [-0.2, -0.15) is 0 Å². The quantitative estimate of drug-likeness (QED) is 0.666. The van der Waals surface area contributed by atoms with E-state index in [-0.39, 0.29) is 12.0 Å². The standard InChI is InChI=1S/C21H22N4O2/c1-15(2)27-19-6-4-3-5-18(19)25-20-8-7-17(14-23-20)21(26)24-13-16-9-11-22-12-10-16/h3-12,14-15H,13H2,1-2H3,(H,23,25)(H,24,26). The third-order valence-corrected chi connectivity index (χ3v) is 3.74. The number of amides is 1. The Morgan fingerprint density at radius 1 is 1.07 bits per heavy atom. The van der Waals surface area contributed by atoms with E-state index in [0.717, 1.165) is 17.0 Å². The number of rotatable bonds is 7. The maximum atomic E-state index is 12.3. The molecule has 0 unspecified atom stereocenters. The van der Waals surface area contributed by atoms with Crippen LogP contribution >= 0.6 is 0 Å². The van der Waals surface area contributed by atoms with Crippen LogP contribution in [0.15, 0.2) is 67.1 Å². The number of nitrogens with one attached hydrogen (secondary N) is 2. The summed E-state index contributed by atoms with van der Waals surface area (Å²) in [6.07, 6.45) is 5.03. The lowest BCUT2D eigenvalue weighted by Gasteiger charge is -2.15. The van der Waals surface area contributed by atoms with Crippen molar-refractivity contribution in [3.63, 3.8) is 0 Å². The highest BCUT2D eigenvalue weighted by molar-refractivity contribution is 5.94. The van der Waals surface area contributed by atoms with Gasteiger partial charge in [-0.25, -0.2) is 4.98 Å². The normalized spacial score (nSPS) is 10.5. The third kappa shape index (κ3) is 5.28. The van der Waals surface area contributed by atoms with E-state index >= 15 is 0 Å². The van der Waals surface area contributed by atoms with Crippen molar-refractivity contribution >= 4 is 17.4 Å². The highest BCUT2D eigenvalue weighted by Crippen LogP contribution is 2.27. The number of hydrogen-bond donors (Lipinski definition) is 2. The van der Waals surface area contributed by atoms with Gasteiger partial charge in [0, 0.05) is 25.1 Å². The van der Waals surface area contributed by atoms with Gasteiger partial charge < -0.3 is 15.4 Å². The molecule has 0 saturated carbocycles. The Labute approximate surface area is 158 Å². The summed E-state index contributed by atoms with van der Waals surface area (Å²) in [6, 6.07) is 14.9. The highest BCUT2D eigenvalue weighted by Gasteiger charge is 2.08. The predicted octanol–water partition coefficient (Wildman–Crippen LogP) is 3.94. The molecular formula is C21H22N4O2. The first-order valence-corrected chi connectivity index (χ1v) is 8.77. The smallest absolute Gasteiger partial charge is 0.253 e. The fraction of sp³-hybridized carbons (Fsp3) is 0.190. The maximum Gasteiger partial charge on any atom is 0.253 e. The molecule has 0 spiro atoms. The Morgan fingerprint density at radius 3 is 2.56 bits per heavy atom. The average Bonchev–Trinajstić information content (AvgIpc) is 2.69. The minimum absolute atomic E-state index is 0.0763. The van der Waals surface area contributed by atoms with Gasteiger partial charge in [-0.15, -0.1) is 0 Å². The Balaban J connectivity index is 1.63. The molecule has 6 nitrogen and oxygen atoms in total. The SMILES string of the molecule is CC(C)Oc1ccccc1Nc1ccc(C(=O)NCc2ccncc2)cn1. The number of hydrogen-bond acceptors (Lipinski definition) is 5. The number of pyridine rings is 2. The molecule has 27 heavy (non-hydrogen) atoms. The number of carbonyl (C=O) groups excluding carboxylic acids is 1. The van der Waals surface area contributed by atoms with Crippen molar-refractivity contribution in [1.82, 2.24) is 15.3 Å². The van der Waals surface area contributed by atoms with E-state index < -0.39 is 0 Å². The minimum atomic E-state index is -0.172. The van der Waals surface area contributed by atoms with Crippen LogP contribution in [-0.4, -0.2) is 22.0 Å². The largest absolute Gasteiger partial charge is 0.489 e. The van der Waals surface area contributed by atoms with Crippen LogP contribution in [-0.2, 0) is 6.54 Å².